The maximum absolute atomic E-state index is 12.6. The number of nitrogens with one attached hydrogen (secondary N) is 1. The first kappa shape index (κ1) is 21.0. The van der Waals surface area contributed by atoms with Crippen molar-refractivity contribution in [1.82, 2.24) is 5.32 Å². The summed E-state index contributed by atoms with van der Waals surface area (Å²) >= 11 is 0. The second-order valence-electron chi connectivity index (χ2n) is 6.61. The Balaban J connectivity index is 1.65. The molecule has 0 fully saturated rings. The molecule has 0 saturated carbocycles. The van der Waals surface area contributed by atoms with Crippen molar-refractivity contribution in [3.63, 3.8) is 0 Å². The van der Waals surface area contributed by atoms with Crippen molar-refractivity contribution in [2.45, 2.75) is 12.8 Å². The molecule has 7 heteroatoms. The van der Waals surface area contributed by atoms with Crippen LogP contribution in [0.25, 0.3) is 0 Å². The van der Waals surface area contributed by atoms with Crippen LogP contribution < -0.4 is 15.0 Å². The number of carbonyl (C=O) groups excluding carboxylic acids is 2. The zero-order valence-corrected chi connectivity index (χ0v) is 17.2. The number of urea groups is 1. The van der Waals surface area contributed by atoms with Crippen LogP contribution in [0.3, 0.4) is 0 Å². The van der Waals surface area contributed by atoms with Gasteiger partial charge in [0.15, 0.2) is 0 Å². The van der Waals surface area contributed by atoms with Crippen molar-refractivity contribution in [2.24, 2.45) is 0 Å². The number of esters is 1. The minimum absolute atomic E-state index is 0.296. The summed E-state index contributed by atoms with van der Waals surface area (Å²) < 4.78 is 15.8. The van der Waals surface area contributed by atoms with Gasteiger partial charge in [0, 0.05) is 24.5 Å². The van der Waals surface area contributed by atoms with Crippen LogP contribution in [0.1, 0.15) is 12.8 Å². The number of ether oxygens (including phenoxy) is 3. The summed E-state index contributed by atoms with van der Waals surface area (Å²) in [6.45, 7) is 0. The number of para-hydroxylation sites is 1. The van der Waals surface area contributed by atoms with Gasteiger partial charge in [0.1, 0.15) is 17.3 Å². The Morgan fingerprint density at radius 2 is 1.60 bits per heavy atom. The number of hydrogen-bond donors (Lipinski definition) is 1. The van der Waals surface area contributed by atoms with Crippen LogP contribution >= 0.6 is 0 Å². The third-order valence-corrected chi connectivity index (χ3v) is 4.67. The summed E-state index contributed by atoms with van der Waals surface area (Å²) in [5, 5.41) is 2.86. The van der Waals surface area contributed by atoms with E-state index in [1.807, 2.05) is 42.5 Å². The normalized spacial score (nSPS) is 13.2. The molecule has 1 N–H and O–H groups in total. The number of allylic oxidation sites excluding steroid dienone is 2. The van der Waals surface area contributed by atoms with E-state index in [2.05, 4.69) is 5.32 Å². The first-order valence-electron chi connectivity index (χ1n) is 9.45. The van der Waals surface area contributed by atoms with Gasteiger partial charge < -0.3 is 19.5 Å². The first-order valence-corrected chi connectivity index (χ1v) is 9.45. The first-order chi connectivity index (χ1) is 14.5. The topological polar surface area (TPSA) is 77.1 Å². The van der Waals surface area contributed by atoms with Gasteiger partial charge in [0.2, 0.25) is 0 Å². The monoisotopic (exact) mass is 408 g/mol. The van der Waals surface area contributed by atoms with Crippen molar-refractivity contribution in [2.75, 3.05) is 26.2 Å². The van der Waals surface area contributed by atoms with E-state index < -0.39 is 5.97 Å². The molecule has 2 amide bonds. The molecule has 1 aliphatic carbocycles. The van der Waals surface area contributed by atoms with Gasteiger partial charge in [-0.2, -0.15) is 0 Å². The van der Waals surface area contributed by atoms with Crippen LogP contribution in [-0.4, -0.2) is 33.3 Å². The highest BCUT2D eigenvalue weighted by atomic mass is 16.5. The number of carbonyl (C=O) groups is 2. The maximum atomic E-state index is 12.6. The molecular weight excluding hydrogens is 384 g/mol. The molecule has 7 nitrogen and oxygen atoms in total. The number of nitrogens with zero attached hydrogens (tertiary/aromatic N) is 1. The van der Waals surface area contributed by atoms with E-state index in [0.29, 0.717) is 41.3 Å². The van der Waals surface area contributed by atoms with E-state index in [9.17, 15) is 9.59 Å². The molecule has 30 heavy (non-hydrogen) atoms. The van der Waals surface area contributed by atoms with E-state index in [1.54, 1.807) is 25.3 Å². The zero-order valence-electron chi connectivity index (χ0n) is 17.2. The second kappa shape index (κ2) is 9.65. The van der Waals surface area contributed by atoms with Crippen LogP contribution in [0.15, 0.2) is 77.7 Å². The molecule has 0 radical (unpaired) electrons. The van der Waals surface area contributed by atoms with Gasteiger partial charge in [0.25, 0.3) is 0 Å². The lowest BCUT2D eigenvalue weighted by Crippen LogP contribution is -2.37. The number of anilines is 1. The van der Waals surface area contributed by atoms with Gasteiger partial charge in [-0.15, -0.1) is 0 Å². The number of hydrogen-bond acceptors (Lipinski definition) is 5. The average Bonchev–Trinajstić information content (AvgIpc) is 2.79. The lowest BCUT2D eigenvalue weighted by atomic mass is 10.0. The molecular formula is C23H24N2O5. The minimum atomic E-state index is -0.427. The van der Waals surface area contributed by atoms with Crippen LogP contribution in [0, 0.1) is 0 Å². The molecule has 0 heterocycles. The Hall–Kier alpha value is -3.74. The van der Waals surface area contributed by atoms with Crippen molar-refractivity contribution in [3.05, 3.63) is 77.7 Å². The third-order valence-electron chi connectivity index (χ3n) is 4.67. The van der Waals surface area contributed by atoms with Gasteiger partial charge in [-0.1, -0.05) is 18.2 Å². The van der Waals surface area contributed by atoms with Crippen molar-refractivity contribution < 1.29 is 23.8 Å². The van der Waals surface area contributed by atoms with Gasteiger partial charge in [0.05, 0.1) is 19.8 Å². The van der Waals surface area contributed by atoms with Gasteiger partial charge in [-0.3, -0.25) is 4.90 Å². The smallest absolute Gasteiger partial charge is 0.337 e. The van der Waals surface area contributed by atoms with Crippen LogP contribution in [0.5, 0.6) is 11.5 Å². The van der Waals surface area contributed by atoms with Crippen molar-refractivity contribution in [1.29, 1.82) is 0 Å². The summed E-state index contributed by atoms with van der Waals surface area (Å²) in [4.78, 5) is 26.0. The van der Waals surface area contributed by atoms with E-state index in [0.717, 1.165) is 5.75 Å². The van der Waals surface area contributed by atoms with Gasteiger partial charge in [-0.05, 0) is 49.2 Å². The fraction of sp³-hybridized carbons (Fsp3) is 0.217. The molecule has 156 valence electrons. The number of methoxy groups -OCH3 is 2. The number of rotatable bonds is 6. The average molecular weight is 408 g/mol. The van der Waals surface area contributed by atoms with Crippen LogP contribution in [-0.2, 0) is 14.3 Å². The Morgan fingerprint density at radius 1 is 0.933 bits per heavy atom. The molecule has 0 atom stereocenters. The van der Waals surface area contributed by atoms with Crippen LogP contribution in [0.2, 0.25) is 0 Å². The quantitative estimate of drug-likeness (QED) is 0.718. The van der Waals surface area contributed by atoms with E-state index in [4.69, 9.17) is 14.2 Å². The van der Waals surface area contributed by atoms with E-state index >= 15 is 0 Å². The van der Waals surface area contributed by atoms with Gasteiger partial charge >= 0.3 is 12.0 Å². The summed E-state index contributed by atoms with van der Waals surface area (Å²) in [6, 6.07) is 16.4. The number of amides is 2. The highest BCUT2D eigenvalue weighted by Gasteiger charge is 2.22. The summed E-state index contributed by atoms with van der Waals surface area (Å²) in [5.41, 5.74) is 1.84. The fourth-order valence-corrected chi connectivity index (χ4v) is 3.01. The third kappa shape index (κ3) is 5.00. The Bertz CT molecular complexity index is 965. The summed E-state index contributed by atoms with van der Waals surface area (Å²) in [6.07, 6.45) is 2.58. The molecule has 0 aliphatic heterocycles. The lowest BCUT2D eigenvalue weighted by molar-refractivity contribution is -0.136. The molecule has 2 aromatic carbocycles. The molecule has 0 aromatic heterocycles. The Labute approximate surface area is 175 Å². The highest BCUT2D eigenvalue weighted by Crippen LogP contribution is 2.26. The highest BCUT2D eigenvalue weighted by molar-refractivity contribution is 5.93. The minimum Gasteiger partial charge on any atom is -0.496 e. The van der Waals surface area contributed by atoms with Crippen molar-refractivity contribution >= 4 is 17.7 Å². The van der Waals surface area contributed by atoms with E-state index in [-0.39, 0.29) is 6.03 Å². The van der Waals surface area contributed by atoms with Crippen molar-refractivity contribution in [3.8, 4) is 11.5 Å². The molecule has 0 saturated heterocycles. The largest absolute Gasteiger partial charge is 0.496 e. The zero-order chi connectivity index (χ0) is 21.5. The molecule has 2 aromatic rings. The SMILES string of the molecule is COC(=O)C1=C(OC)C=C(NC(=O)N(C)c2ccc(Oc3ccccc3)cc2)CC1. The standard InChI is InChI=1S/C23H24N2O5/c1-25(17-10-12-19(13-11-17)30-18-7-5-4-6-8-18)23(27)24-16-9-14-20(22(26)29-3)21(15-16)28-2/h4-8,10-13,15H,9,14H2,1-3H3,(H,24,27). The van der Waals surface area contributed by atoms with Crippen LogP contribution in [0.4, 0.5) is 10.5 Å². The maximum Gasteiger partial charge on any atom is 0.337 e. The predicted molar refractivity (Wildman–Crippen MR) is 113 cm³/mol. The van der Waals surface area contributed by atoms with Gasteiger partial charge in [-0.25, -0.2) is 9.59 Å². The lowest BCUT2D eigenvalue weighted by Gasteiger charge is -2.22. The molecule has 1 aliphatic rings. The fourth-order valence-electron chi connectivity index (χ4n) is 3.01. The molecule has 0 unspecified atom stereocenters. The summed E-state index contributed by atoms with van der Waals surface area (Å²) in [7, 11) is 4.48. The Morgan fingerprint density at radius 3 is 2.23 bits per heavy atom. The predicted octanol–water partition coefficient (Wildman–Crippen LogP) is 4.38. The molecule has 0 bridgehead atoms. The second-order valence-corrected chi connectivity index (χ2v) is 6.61. The summed E-state index contributed by atoms with van der Waals surface area (Å²) in [5.74, 6) is 1.39. The van der Waals surface area contributed by atoms with E-state index in [1.165, 1.54) is 19.1 Å². The Kier molecular flexibility index (Phi) is 6.75. The number of benzene rings is 2. The molecule has 0 spiro atoms. The molecule has 3 rings (SSSR count).